The van der Waals surface area contributed by atoms with Crippen LogP contribution in [0.3, 0.4) is 0 Å². The molecule has 0 radical (unpaired) electrons. The van der Waals surface area contributed by atoms with Gasteiger partial charge in [-0.05, 0) is 0 Å². The fourth-order valence-corrected chi connectivity index (χ4v) is 1.48. The monoisotopic (exact) mass is 196 g/mol. The van der Waals surface area contributed by atoms with Crippen molar-refractivity contribution in [2.24, 2.45) is 0 Å². The number of rotatable bonds is 3. The summed E-state index contributed by atoms with van der Waals surface area (Å²) in [6, 6.07) is 0. The Morgan fingerprint density at radius 3 is 3.15 bits per heavy atom. The molecule has 68 valence electrons. The van der Waals surface area contributed by atoms with Crippen molar-refractivity contribution in [3.05, 3.63) is 34.0 Å². The van der Waals surface area contributed by atoms with Crippen LogP contribution >= 0.6 is 11.3 Å². The van der Waals surface area contributed by atoms with Crippen LogP contribution in [0.5, 0.6) is 0 Å². The van der Waals surface area contributed by atoms with Gasteiger partial charge in [0.05, 0.1) is 12.2 Å². The van der Waals surface area contributed by atoms with Gasteiger partial charge in [-0.25, -0.2) is 9.78 Å². The molecule has 0 fully saturated rings. The minimum Gasteiger partial charge on any atom is -0.356 e. The number of aromatic nitrogens is 3. The minimum absolute atomic E-state index is 0.184. The van der Waals surface area contributed by atoms with Crippen LogP contribution in [0.2, 0.25) is 0 Å². The second-order valence-electron chi connectivity index (χ2n) is 2.46. The van der Waals surface area contributed by atoms with Crippen LogP contribution in [-0.4, -0.2) is 15.0 Å². The van der Waals surface area contributed by atoms with E-state index in [1.807, 2.05) is 5.38 Å². The summed E-state index contributed by atoms with van der Waals surface area (Å²) < 4.78 is 0. The zero-order valence-electron chi connectivity index (χ0n) is 6.70. The van der Waals surface area contributed by atoms with Crippen molar-refractivity contribution in [1.29, 1.82) is 0 Å². The third kappa shape index (κ3) is 1.97. The van der Waals surface area contributed by atoms with E-state index >= 15 is 0 Å². The lowest BCUT2D eigenvalue weighted by atomic mass is 10.5. The van der Waals surface area contributed by atoms with Crippen LogP contribution in [0.25, 0.3) is 0 Å². The number of hydrogen-bond donors (Lipinski definition) is 3. The smallest absolute Gasteiger partial charge is 0.323 e. The minimum atomic E-state index is -0.184. The average Bonchev–Trinajstić information content (AvgIpc) is 2.71. The fraction of sp³-hybridized carbons (Fsp3) is 0.143. The Labute approximate surface area is 77.9 Å². The Morgan fingerprint density at radius 1 is 1.62 bits per heavy atom. The maximum atomic E-state index is 10.7. The summed E-state index contributed by atoms with van der Waals surface area (Å²) >= 11 is 1.52. The molecule has 0 aliphatic carbocycles. The molecule has 0 saturated heterocycles. The lowest BCUT2D eigenvalue weighted by molar-refractivity contribution is 1.05. The second kappa shape index (κ2) is 3.44. The van der Waals surface area contributed by atoms with E-state index in [0.717, 1.165) is 10.8 Å². The van der Waals surface area contributed by atoms with Crippen LogP contribution < -0.4 is 11.0 Å². The van der Waals surface area contributed by atoms with Crippen molar-refractivity contribution in [3.63, 3.8) is 0 Å². The molecule has 2 heterocycles. The first-order chi connectivity index (χ1) is 6.34. The molecule has 2 aromatic rings. The molecule has 3 N–H and O–H groups in total. The molecule has 13 heavy (non-hydrogen) atoms. The Kier molecular flexibility index (Phi) is 2.13. The first-order valence-corrected chi connectivity index (χ1v) is 4.62. The number of nitrogens with one attached hydrogen (secondary N) is 3. The molecule has 2 rings (SSSR count). The Morgan fingerprint density at radius 2 is 2.54 bits per heavy atom. The molecule has 0 saturated carbocycles. The maximum Gasteiger partial charge on any atom is 0.323 e. The zero-order valence-corrected chi connectivity index (χ0v) is 7.52. The molecule has 0 aliphatic heterocycles. The van der Waals surface area contributed by atoms with E-state index in [0.29, 0.717) is 6.54 Å². The van der Waals surface area contributed by atoms with Gasteiger partial charge in [0.25, 0.3) is 0 Å². The highest BCUT2D eigenvalue weighted by Crippen LogP contribution is 2.10. The van der Waals surface area contributed by atoms with E-state index in [1.54, 1.807) is 12.4 Å². The molecule has 0 aliphatic rings. The van der Waals surface area contributed by atoms with Crippen LogP contribution in [0.4, 0.5) is 5.13 Å². The van der Waals surface area contributed by atoms with Gasteiger partial charge in [0, 0.05) is 17.8 Å². The molecule has 0 aromatic carbocycles. The molecular formula is C7H8N4OS. The molecule has 0 spiro atoms. The van der Waals surface area contributed by atoms with Crippen LogP contribution in [0.1, 0.15) is 5.69 Å². The molecular weight excluding hydrogens is 188 g/mol. The van der Waals surface area contributed by atoms with Crippen molar-refractivity contribution in [1.82, 2.24) is 15.0 Å². The predicted molar refractivity (Wildman–Crippen MR) is 50.9 cm³/mol. The van der Waals surface area contributed by atoms with Gasteiger partial charge >= 0.3 is 5.69 Å². The molecule has 0 atom stereocenters. The van der Waals surface area contributed by atoms with E-state index in [4.69, 9.17) is 0 Å². The molecule has 0 unspecified atom stereocenters. The number of nitrogens with zero attached hydrogens (tertiary/aromatic N) is 1. The standard InChI is InChI=1S/C7H8N4OS/c12-6-9-3-5(11-6)4-10-7-8-1-2-13-7/h1-3H,4H2,(H,8,10)(H2,9,11,12). The third-order valence-corrected chi connectivity index (χ3v) is 2.24. The number of aromatic amines is 2. The zero-order chi connectivity index (χ0) is 9.10. The van der Waals surface area contributed by atoms with E-state index in [-0.39, 0.29) is 5.69 Å². The summed E-state index contributed by atoms with van der Waals surface area (Å²) in [5, 5.41) is 5.81. The maximum absolute atomic E-state index is 10.7. The largest absolute Gasteiger partial charge is 0.356 e. The topological polar surface area (TPSA) is 73.6 Å². The van der Waals surface area contributed by atoms with Crippen molar-refractivity contribution >= 4 is 16.5 Å². The van der Waals surface area contributed by atoms with Crippen LogP contribution in [0, 0.1) is 0 Å². The van der Waals surface area contributed by atoms with Crippen molar-refractivity contribution in [3.8, 4) is 0 Å². The van der Waals surface area contributed by atoms with Crippen LogP contribution in [0.15, 0.2) is 22.6 Å². The third-order valence-electron chi connectivity index (χ3n) is 1.51. The lowest BCUT2D eigenvalue weighted by Crippen LogP contribution is -2.04. The first kappa shape index (κ1) is 8.06. The van der Waals surface area contributed by atoms with Gasteiger partial charge in [-0.2, -0.15) is 0 Å². The average molecular weight is 196 g/mol. The number of anilines is 1. The number of hydrogen-bond acceptors (Lipinski definition) is 4. The highest BCUT2D eigenvalue weighted by molar-refractivity contribution is 7.13. The fourth-order valence-electron chi connectivity index (χ4n) is 0.947. The van der Waals surface area contributed by atoms with Gasteiger partial charge in [0.2, 0.25) is 0 Å². The van der Waals surface area contributed by atoms with Crippen molar-refractivity contribution < 1.29 is 0 Å². The summed E-state index contributed by atoms with van der Waals surface area (Å²) in [7, 11) is 0. The molecule has 2 aromatic heterocycles. The number of H-pyrrole nitrogens is 2. The highest BCUT2D eigenvalue weighted by atomic mass is 32.1. The summed E-state index contributed by atoms with van der Waals surface area (Å²) in [5.41, 5.74) is 0.635. The number of thiazole rings is 1. The van der Waals surface area contributed by atoms with E-state index in [9.17, 15) is 4.79 Å². The van der Waals surface area contributed by atoms with E-state index in [2.05, 4.69) is 20.3 Å². The van der Waals surface area contributed by atoms with Crippen molar-refractivity contribution in [2.45, 2.75) is 6.54 Å². The summed E-state index contributed by atoms with van der Waals surface area (Å²) in [6.07, 6.45) is 3.37. The van der Waals surface area contributed by atoms with Gasteiger partial charge in [-0.1, -0.05) is 0 Å². The normalized spacial score (nSPS) is 10.2. The Bertz CT molecular complexity index is 416. The molecule has 0 amide bonds. The summed E-state index contributed by atoms with van der Waals surface area (Å²) in [4.78, 5) is 19.9. The predicted octanol–water partition coefficient (Wildman–Crippen LogP) is 0.772. The highest BCUT2D eigenvalue weighted by Gasteiger charge is 1.96. The SMILES string of the molecule is O=c1[nH]cc(CNc2nccs2)[nH]1. The van der Waals surface area contributed by atoms with E-state index in [1.165, 1.54) is 11.3 Å². The Balaban J connectivity index is 1.97. The molecule has 5 nitrogen and oxygen atoms in total. The van der Waals surface area contributed by atoms with Gasteiger partial charge in [-0.3, -0.25) is 0 Å². The number of imidazole rings is 1. The van der Waals surface area contributed by atoms with E-state index < -0.39 is 0 Å². The van der Waals surface area contributed by atoms with Gasteiger partial charge in [-0.15, -0.1) is 11.3 Å². The summed E-state index contributed by atoms with van der Waals surface area (Å²) in [5.74, 6) is 0. The first-order valence-electron chi connectivity index (χ1n) is 3.74. The Hall–Kier alpha value is -1.56. The van der Waals surface area contributed by atoms with Crippen LogP contribution in [-0.2, 0) is 6.54 Å². The molecule has 6 heteroatoms. The summed E-state index contributed by atoms with van der Waals surface area (Å²) in [6.45, 7) is 0.576. The van der Waals surface area contributed by atoms with Gasteiger partial charge in [0.1, 0.15) is 0 Å². The quantitative estimate of drug-likeness (QED) is 0.679. The lowest BCUT2D eigenvalue weighted by Gasteiger charge is -1.97. The van der Waals surface area contributed by atoms with Gasteiger partial charge in [0.15, 0.2) is 5.13 Å². The second-order valence-corrected chi connectivity index (χ2v) is 3.35. The van der Waals surface area contributed by atoms with Gasteiger partial charge < -0.3 is 15.3 Å². The van der Waals surface area contributed by atoms with Crippen molar-refractivity contribution in [2.75, 3.05) is 5.32 Å². The molecule has 0 bridgehead atoms.